The standard InChI is InChI=1S/C18H13NO/c20-17-18-11(10-19-17)9-14(12-5-1-3-7-15(12)18)13-6-2-4-8-16(13)18/h1-9,14H,10H2,(H,19,20). The summed E-state index contributed by atoms with van der Waals surface area (Å²) < 4.78 is 0. The van der Waals surface area contributed by atoms with Gasteiger partial charge in [0.15, 0.2) is 0 Å². The molecule has 1 fully saturated rings. The van der Waals surface area contributed by atoms with Crippen LogP contribution >= 0.6 is 0 Å². The monoisotopic (exact) mass is 259 g/mol. The van der Waals surface area contributed by atoms with Crippen molar-refractivity contribution in [3.05, 3.63) is 82.4 Å². The number of benzene rings is 2. The van der Waals surface area contributed by atoms with Crippen LogP contribution < -0.4 is 5.32 Å². The van der Waals surface area contributed by atoms with Crippen molar-refractivity contribution in [3.8, 4) is 0 Å². The van der Waals surface area contributed by atoms with Crippen molar-refractivity contribution >= 4 is 5.91 Å². The fourth-order valence-corrected chi connectivity index (χ4v) is 4.27. The first-order valence-electron chi connectivity index (χ1n) is 7.02. The SMILES string of the molecule is O=C1NCC2=CC3c4ccccc4C12c1ccccc13. The zero-order valence-corrected chi connectivity index (χ0v) is 10.9. The van der Waals surface area contributed by atoms with Gasteiger partial charge in [-0.1, -0.05) is 54.6 Å². The molecule has 2 aromatic rings. The van der Waals surface area contributed by atoms with Gasteiger partial charge in [-0.05, 0) is 27.8 Å². The van der Waals surface area contributed by atoms with Crippen LogP contribution in [0.4, 0.5) is 0 Å². The number of rotatable bonds is 0. The van der Waals surface area contributed by atoms with Crippen molar-refractivity contribution in [1.29, 1.82) is 0 Å². The molecule has 2 bridgehead atoms. The minimum absolute atomic E-state index is 0.127. The Labute approximate surface area is 117 Å². The molecule has 0 atom stereocenters. The summed E-state index contributed by atoms with van der Waals surface area (Å²) in [6.45, 7) is 0.679. The summed E-state index contributed by atoms with van der Waals surface area (Å²) in [5.74, 6) is 0.425. The van der Waals surface area contributed by atoms with E-state index in [4.69, 9.17) is 0 Å². The zero-order chi connectivity index (χ0) is 13.3. The van der Waals surface area contributed by atoms with Crippen LogP contribution in [-0.4, -0.2) is 12.5 Å². The van der Waals surface area contributed by atoms with E-state index < -0.39 is 5.41 Å². The molecule has 2 aromatic carbocycles. The van der Waals surface area contributed by atoms with Crippen LogP contribution in [0.1, 0.15) is 28.2 Å². The largest absolute Gasteiger partial charge is 0.351 e. The van der Waals surface area contributed by atoms with Crippen LogP contribution in [0, 0.1) is 0 Å². The average Bonchev–Trinajstić information content (AvgIpc) is 2.86. The highest BCUT2D eigenvalue weighted by Gasteiger charge is 2.57. The van der Waals surface area contributed by atoms with E-state index in [0.29, 0.717) is 12.5 Å². The van der Waals surface area contributed by atoms with Crippen LogP contribution in [0.5, 0.6) is 0 Å². The normalized spacial score (nSPS) is 28.3. The molecule has 0 aromatic heterocycles. The third-order valence-electron chi connectivity index (χ3n) is 5.03. The van der Waals surface area contributed by atoms with Gasteiger partial charge in [-0.3, -0.25) is 4.79 Å². The Kier molecular flexibility index (Phi) is 1.67. The lowest BCUT2D eigenvalue weighted by Crippen LogP contribution is -2.44. The first-order chi connectivity index (χ1) is 9.83. The van der Waals surface area contributed by atoms with E-state index in [1.807, 2.05) is 12.1 Å². The summed E-state index contributed by atoms with van der Waals surface area (Å²) in [6, 6.07) is 16.8. The number of carbonyl (C=O) groups excluding carboxylic acids is 1. The third kappa shape index (κ3) is 0.913. The van der Waals surface area contributed by atoms with Gasteiger partial charge in [0, 0.05) is 12.5 Å². The van der Waals surface area contributed by atoms with Gasteiger partial charge in [0.05, 0.1) is 0 Å². The number of carbonyl (C=O) groups is 1. The van der Waals surface area contributed by atoms with Crippen molar-refractivity contribution in [2.45, 2.75) is 11.3 Å². The summed E-state index contributed by atoms with van der Waals surface area (Å²) >= 11 is 0. The highest BCUT2D eigenvalue weighted by Crippen LogP contribution is 2.57. The molecule has 1 amide bonds. The second-order valence-electron chi connectivity index (χ2n) is 5.78. The number of hydrogen-bond donors (Lipinski definition) is 1. The number of allylic oxidation sites excluding steroid dienone is 1. The molecule has 4 aliphatic rings. The fraction of sp³-hybridized carbons (Fsp3) is 0.167. The van der Waals surface area contributed by atoms with Crippen LogP contribution in [-0.2, 0) is 10.2 Å². The number of hydrogen-bond acceptors (Lipinski definition) is 1. The van der Waals surface area contributed by atoms with Gasteiger partial charge in [0.1, 0.15) is 5.41 Å². The maximum Gasteiger partial charge on any atom is 0.239 e. The molecule has 3 aliphatic carbocycles. The van der Waals surface area contributed by atoms with E-state index in [9.17, 15) is 4.79 Å². The lowest BCUT2D eigenvalue weighted by molar-refractivity contribution is -0.122. The van der Waals surface area contributed by atoms with Crippen LogP contribution in [0.15, 0.2) is 60.2 Å². The van der Waals surface area contributed by atoms with Crippen molar-refractivity contribution in [2.75, 3.05) is 6.54 Å². The molecule has 0 unspecified atom stereocenters. The maximum absolute atomic E-state index is 12.8. The van der Waals surface area contributed by atoms with E-state index in [1.165, 1.54) is 27.8 Å². The molecule has 20 heavy (non-hydrogen) atoms. The van der Waals surface area contributed by atoms with Crippen molar-refractivity contribution in [3.63, 3.8) is 0 Å². The molecular weight excluding hydrogens is 246 g/mol. The lowest BCUT2D eigenvalue weighted by Gasteiger charge is -2.44. The third-order valence-corrected chi connectivity index (χ3v) is 5.03. The summed E-state index contributed by atoms with van der Waals surface area (Å²) in [4.78, 5) is 12.8. The Balaban J connectivity index is 1.99. The van der Waals surface area contributed by atoms with Gasteiger partial charge in [0.2, 0.25) is 5.91 Å². The van der Waals surface area contributed by atoms with Crippen molar-refractivity contribution in [2.24, 2.45) is 0 Å². The predicted octanol–water partition coefficient (Wildman–Crippen LogP) is 2.49. The molecule has 2 heteroatoms. The van der Waals surface area contributed by atoms with Gasteiger partial charge in [0.25, 0.3) is 0 Å². The van der Waals surface area contributed by atoms with Gasteiger partial charge >= 0.3 is 0 Å². The first kappa shape index (κ1) is 10.4. The second-order valence-corrected chi connectivity index (χ2v) is 5.78. The van der Waals surface area contributed by atoms with E-state index >= 15 is 0 Å². The van der Waals surface area contributed by atoms with Gasteiger partial charge in [-0.15, -0.1) is 0 Å². The van der Waals surface area contributed by atoms with Crippen molar-refractivity contribution in [1.82, 2.24) is 5.32 Å². The topological polar surface area (TPSA) is 29.1 Å². The summed E-state index contributed by atoms with van der Waals surface area (Å²) in [5, 5.41) is 3.05. The first-order valence-corrected chi connectivity index (χ1v) is 7.02. The molecule has 0 saturated carbocycles. The highest BCUT2D eigenvalue weighted by atomic mass is 16.2. The summed E-state index contributed by atoms with van der Waals surface area (Å²) in [6.07, 6.45) is 2.29. The second kappa shape index (κ2) is 3.21. The van der Waals surface area contributed by atoms with Gasteiger partial charge in [-0.2, -0.15) is 0 Å². The van der Waals surface area contributed by atoms with E-state index in [-0.39, 0.29) is 5.91 Å². The van der Waals surface area contributed by atoms with E-state index in [1.54, 1.807) is 0 Å². The smallest absolute Gasteiger partial charge is 0.239 e. The summed E-state index contributed by atoms with van der Waals surface area (Å²) in [5.41, 5.74) is 5.58. The highest BCUT2D eigenvalue weighted by molar-refractivity contribution is 6.02. The molecule has 1 N–H and O–H groups in total. The van der Waals surface area contributed by atoms with Crippen LogP contribution in [0.25, 0.3) is 0 Å². The molecule has 1 saturated heterocycles. The lowest BCUT2D eigenvalue weighted by atomic mass is 9.56. The summed E-state index contributed by atoms with van der Waals surface area (Å²) in [7, 11) is 0. The van der Waals surface area contributed by atoms with Crippen LogP contribution in [0.2, 0.25) is 0 Å². The molecule has 96 valence electrons. The molecule has 1 spiro atoms. The Hall–Kier alpha value is -2.35. The van der Waals surface area contributed by atoms with Crippen molar-refractivity contribution < 1.29 is 4.79 Å². The molecular formula is C18H13NO. The molecule has 0 radical (unpaired) electrons. The van der Waals surface area contributed by atoms with Gasteiger partial charge in [-0.25, -0.2) is 0 Å². The number of nitrogens with one attached hydrogen (secondary N) is 1. The average molecular weight is 259 g/mol. The molecule has 2 nitrogen and oxygen atoms in total. The Bertz CT molecular complexity index is 755. The number of amides is 1. The Morgan fingerprint density at radius 3 is 2.20 bits per heavy atom. The van der Waals surface area contributed by atoms with Gasteiger partial charge < -0.3 is 5.32 Å². The van der Waals surface area contributed by atoms with E-state index in [2.05, 4.69) is 47.8 Å². The minimum Gasteiger partial charge on any atom is -0.351 e. The Morgan fingerprint density at radius 1 is 0.950 bits per heavy atom. The molecule has 6 rings (SSSR count). The predicted molar refractivity (Wildman–Crippen MR) is 76.6 cm³/mol. The molecule has 1 aliphatic heterocycles. The Morgan fingerprint density at radius 2 is 1.55 bits per heavy atom. The molecule has 1 heterocycles. The fourth-order valence-electron chi connectivity index (χ4n) is 4.27. The van der Waals surface area contributed by atoms with E-state index in [0.717, 1.165) is 0 Å². The maximum atomic E-state index is 12.8. The quantitative estimate of drug-likeness (QED) is 0.724. The minimum atomic E-state index is -0.568. The van der Waals surface area contributed by atoms with Crippen LogP contribution in [0.3, 0.4) is 0 Å². The zero-order valence-electron chi connectivity index (χ0n) is 10.9.